The molecule has 3 rings (SSSR count). The van der Waals surface area contributed by atoms with Crippen molar-refractivity contribution in [3.63, 3.8) is 0 Å². The smallest absolute Gasteiger partial charge is 0.299 e. The van der Waals surface area contributed by atoms with Gasteiger partial charge in [-0.15, -0.1) is 0 Å². The highest BCUT2D eigenvalue weighted by atomic mass is 35.5. The van der Waals surface area contributed by atoms with Gasteiger partial charge in [0.15, 0.2) is 0 Å². The molecule has 26 heavy (non-hydrogen) atoms. The molecule has 0 aliphatic carbocycles. The van der Waals surface area contributed by atoms with Crippen LogP contribution in [-0.2, 0) is 19.6 Å². The number of ketones is 1. The van der Waals surface area contributed by atoms with Gasteiger partial charge in [-0.25, -0.2) is 13.6 Å². The molecule has 0 aromatic heterocycles. The zero-order valence-electron chi connectivity index (χ0n) is 13.1. The first-order chi connectivity index (χ1) is 12.2. The van der Waals surface area contributed by atoms with Gasteiger partial charge >= 0.3 is 0 Å². The molecule has 2 amide bonds. The van der Waals surface area contributed by atoms with Crippen molar-refractivity contribution in [2.75, 3.05) is 16.8 Å². The molecule has 0 atom stereocenters. The molecule has 2 aromatic carbocycles. The number of halogens is 1. The molecule has 10 heteroatoms. The van der Waals surface area contributed by atoms with Gasteiger partial charge in [0.1, 0.15) is 6.54 Å². The molecule has 0 unspecified atom stereocenters. The molecule has 134 valence electrons. The van der Waals surface area contributed by atoms with Crippen molar-refractivity contribution < 1.29 is 22.8 Å². The largest absolute Gasteiger partial charge is 0.325 e. The van der Waals surface area contributed by atoms with Gasteiger partial charge in [-0.2, -0.15) is 0 Å². The van der Waals surface area contributed by atoms with E-state index in [1.807, 2.05) is 0 Å². The Morgan fingerprint density at radius 1 is 1.12 bits per heavy atom. The second-order valence-corrected chi connectivity index (χ2v) is 7.50. The highest BCUT2D eigenvalue weighted by Crippen LogP contribution is 2.31. The fourth-order valence-electron chi connectivity index (χ4n) is 2.50. The van der Waals surface area contributed by atoms with Crippen LogP contribution in [0.3, 0.4) is 0 Å². The van der Waals surface area contributed by atoms with Crippen molar-refractivity contribution in [2.45, 2.75) is 4.90 Å². The highest BCUT2D eigenvalue weighted by Gasteiger charge is 2.36. The van der Waals surface area contributed by atoms with E-state index in [-0.39, 0.29) is 17.0 Å². The number of fused-ring (bicyclic) bond motifs is 1. The van der Waals surface area contributed by atoms with Crippen LogP contribution in [0.1, 0.15) is 10.4 Å². The van der Waals surface area contributed by atoms with E-state index >= 15 is 0 Å². The molecule has 0 fully saturated rings. The first kappa shape index (κ1) is 18.1. The molecule has 1 aliphatic heterocycles. The van der Waals surface area contributed by atoms with Crippen molar-refractivity contribution >= 4 is 50.6 Å². The zero-order valence-corrected chi connectivity index (χ0v) is 14.7. The van der Waals surface area contributed by atoms with Crippen LogP contribution in [0.25, 0.3) is 0 Å². The third-order valence-corrected chi connectivity index (χ3v) is 4.87. The molecular formula is C16H12ClN3O5S. The van der Waals surface area contributed by atoms with Crippen LogP contribution < -0.4 is 15.4 Å². The van der Waals surface area contributed by atoms with Gasteiger partial charge in [0.05, 0.1) is 16.1 Å². The Bertz CT molecular complexity index is 1030. The minimum atomic E-state index is -3.83. The number of sulfonamides is 1. The van der Waals surface area contributed by atoms with Gasteiger partial charge in [0.2, 0.25) is 15.9 Å². The number of hydrogen-bond donors (Lipinski definition) is 2. The predicted octanol–water partition coefficient (Wildman–Crippen LogP) is 1.16. The second-order valence-electron chi connectivity index (χ2n) is 5.50. The van der Waals surface area contributed by atoms with Crippen LogP contribution in [0.15, 0.2) is 47.4 Å². The topological polar surface area (TPSA) is 127 Å². The first-order valence-corrected chi connectivity index (χ1v) is 9.18. The average molecular weight is 394 g/mol. The molecule has 3 N–H and O–H groups in total. The maximum absolute atomic E-state index is 12.2. The minimum absolute atomic E-state index is 0.0957. The Hall–Kier alpha value is -2.75. The summed E-state index contributed by atoms with van der Waals surface area (Å²) in [5, 5.41) is 7.83. The maximum Gasteiger partial charge on any atom is 0.299 e. The van der Waals surface area contributed by atoms with E-state index in [4.69, 9.17) is 16.7 Å². The lowest BCUT2D eigenvalue weighted by atomic mass is 10.1. The summed E-state index contributed by atoms with van der Waals surface area (Å²) >= 11 is 5.83. The third-order valence-electron chi connectivity index (χ3n) is 3.70. The molecule has 8 nitrogen and oxygen atoms in total. The molecule has 0 saturated heterocycles. The van der Waals surface area contributed by atoms with Crippen LogP contribution in [0.5, 0.6) is 0 Å². The Morgan fingerprint density at radius 2 is 1.77 bits per heavy atom. The van der Waals surface area contributed by atoms with E-state index in [0.717, 1.165) is 4.90 Å². The molecule has 0 spiro atoms. The number of nitrogens with one attached hydrogen (secondary N) is 1. The number of nitrogens with two attached hydrogens (primary N) is 1. The zero-order chi connectivity index (χ0) is 19.1. The number of hydrogen-bond acceptors (Lipinski definition) is 5. The summed E-state index contributed by atoms with van der Waals surface area (Å²) < 4.78 is 22.4. The molecule has 0 bridgehead atoms. The summed E-state index contributed by atoms with van der Waals surface area (Å²) in [5.41, 5.74) is 0.772. The van der Waals surface area contributed by atoms with Crippen molar-refractivity contribution in [2.24, 2.45) is 5.14 Å². The number of benzene rings is 2. The Labute approximate surface area is 153 Å². The molecule has 0 radical (unpaired) electrons. The van der Waals surface area contributed by atoms with E-state index in [1.54, 1.807) is 0 Å². The lowest BCUT2D eigenvalue weighted by Crippen LogP contribution is -2.37. The number of nitrogens with zero attached hydrogens (tertiary/aromatic N) is 1. The number of rotatable bonds is 4. The molecule has 1 heterocycles. The minimum Gasteiger partial charge on any atom is -0.325 e. The van der Waals surface area contributed by atoms with Gasteiger partial charge in [-0.3, -0.25) is 19.3 Å². The van der Waals surface area contributed by atoms with E-state index < -0.39 is 27.6 Å². The van der Waals surface area contributed by atoms with Crippen molar-refractivity contribution in [3.8, 4) is 0 Å². The summed E-state index contributed by atoms with van der Waals surface area (Å²) in [6.07, 6.45) is 0. The van der Waals surface area contributed by atoms with Crippen LogP contribution in [0.4, 0.5) is 11.4 Å². The van der Waals surface area contributed by atoms with Gasteiger partial charge < -0.3 is 5.32 Å². The predicted molar refractivity (Wildman–Crippen MR) is 94.6 cm³/mol. The molecule has 2 aromatic rings. The van der Waals surface area contributed by atoms with E-state index in [1.165, 1.54) is 42.5 Å². The van der Waals surface area contributed by atoms with Crippen LogP contribution in [-0.4, -0.2) is 32.6 Å². The van der Waals surface area contributed by atoms with E-state index in [0.29, 0.717) is 16.4 Å². The lowest BCUT2D eigenvalue weighted by Gasteiger charge is -2.16. The number of carbonyl (C=O) groups is 3. The standard InChI is InChI=1S/C16H12ClN3O5S/c17-9-1-6-13-12(7-9)15(22)16(23)20(13)8-14(21)19-10-2-4-11(5-3-10)26(18,24)25/h1-7H,8H2,(H,19,21)(H2,18,24,25). The number of primary sulfonamides is 1. The fraction of sp³-hybridized carbons (Fsp3) is 0.0625. The number of carbonyl (C=O) groups excluding carboxylic acids is 3. The lowest BCUT2D eigenvalue weighted by molar-refractivity contribution is -0.118. The molecule has 0 saturated carbocycles. The van der Waals surface area contributed by atoms with Gasteiger partial charge in [-0.05, 0) is 42.5 Å². The number of Topliss-reactive ketones (excluding diaryl/α,β-unsaturated/α-hetero) is 1. The summed E-state index contributed by atoms with van der Waals surface area (Å²) in [6.45, 7) is -0.379. The average Bonchev–Trinajstić information content (AvgIpc) is 2.79. The second kappa shape index (κ2) is 6.52. The number of amides is 2. The fourth-order valence-corrected chi connectivity index (χ4v) is 3.19. The Morgan fingerprint density at radius 3 is 2.38 bits per heavy atom. The van der Waals surface area contributed by atoms with Crippen LogP contribution >= 0.6 is 11.6 Å². The quantitative estimate of drug-likeness (QED) is 0.753. The van der Waals surface area contributed by atoms with Crippen molar-refractivity contribution in [1.29, 1.82) is 0 Å². The highest BCUT2D eigenvalue weighted by molar-refractivity contribution is 7.89. The summed E-state index contributed by atoms with van der Waals surface area (Å²) in [7, 11) is -3.83. The summed E-state index contributed by atoms with van der Waals surface area (Å²) in [4.78, 5) is 37.2. The Balaban J connectivity index is 1.75. The molecule has 1 aliphatic rings. The summed E-state index contributed by atoms with van der Waals surface area (Å²) in [6, 6.07) is 9.60. The van der Waals surface area contributed by atoms with Crippen molar-refractivity contribution in [3.05, 3.63) is 53.1 Å². The maximum atomic E-state index is 12.2. The van der Waals surface area contributed by atoms with Crippen LogP contribution in [0, 0.1) is 0 Å². The third kappa shape index (κ3) is 3.45. The number of anilines is 2. The Kier molecular flexibility index (Phi) is 4.53. The van der Waals surface area contributed by atoms with E-state index in [9.17, 15) is 22.8 Å². The normalized spacial score (nSPS) is 13.7. The SMILES string of the molecule is NS(=O)(=O)c1ccc(NC(=O)CN2C(=O)C(=O)c3cc(Cl)ccc32)cc1. The first-order valence-electron chi connectivity index (χ1n) is 7.25. The van der Waals surface area contributed by atoms with Gasteiger partial charge in [0.25, 0.3) is 11.7 Å². The van der Waals surface area contributed by atoms with E-state index in [2.05, 4.69) is 5.32 Å². The van der Waals surface area contributed by atoms with Gasteiger partial charge in [0, 0.05) is 10.7 Å². The monoisotopic (exact) mass is 393 g/mol. The van der Waals surface area contributed by atoms with Crippen LogP contribution in [0.2, 0.25) is 5.02 Å². The summed E-state index contributed by atoms with van der Waals surface area (Å²) in [5.74, 6) is -2.10. The van der Waals surface area contributed by atoms with Crippen molar-refractivity contribution in [1.82, 2.24) is 0 Å². The van der Waals surface area contributed by atoms with Gasteiger partial charge in [-0.1, -0.05) is 11.6 Å². The molecular weight excluding hydrogens is 382 g/mol.